The molecule has 128 valence electrons. The van der Waals surface area contributed by atoms with Crippen LogP contribution in [-0.2, 0) is 10.8 Å². The van der Waals surface area contributed by atoms with Crippen molar-refractivity contribution in [1.29, 1.82) is 0 Å². The molecule has 25 heavy (non-hydrogen) atoms. The first-order chi connectivity index (χ1) is 12.2. The van der Waals surface area contributed by atoms with Gasteiger partial charge in [-0.1, -0.05) is 43.7 Å². The highest BCUT2D eigenvalue weighted by Gasteiger charge is 2.20. The van der Waals surface area contributed by atoms with Gasteiger partial charge in [-0.15, -0.1) is 11.3 Å². The first kappa shape index (κ1) is 16.2. The molecule has 0 aliphatic heterocycles. The molecule has 0 spiro atoms. The molecule has 0 aliphatic carbocycles. The number of benzene rings is 1. The summed E-state index contributed by atoms with van der Waals surface area (Å²) in [4.78, 5) is 9.29. The quantitative estimate of drug-likeness (QED) is 0.574. The Hall–Kier alpha value is -2.25. The van der Waals surface area contributed by atoms with E-state index in [0.29, 0.717) is 21.2 Å². The molecule has 0 amide bonds. The Labute approximate surface area is 152 Å². The van der Waals surface area contributed by atoms with Gasteiger partial charge in [-0.25, -0.2) is 9.97 Å². The lowest BCUT2D eigenvalue weighted by atomic mass is 10.2. The molecule has 4 aromatic rings. The predicted molar refractivity (Wildman–Crippen MR) is 104 cm³/mol. The normalized spacial score (nSPS) is 12.8. The van der Waals surface area contributed by atoms with Gasteiger partial charge in [-0.05, 0) is 6.42 Å². The second-order valence-corrected chi connectivity index (χ2v) is 8.59. The molecule has 1 unspecified atom stereocenters. The maximum atomic E-state index is 12.6. The molecule has 2 N–H and O–H groups in total. The standard InChI is InChI=1S/C18H18N4OS2/c1-2-3-11-25(23)18-13(19)14-15(24-18)17-20-9-10-22(17)16(21-14)12-7-5-4-6-8-12/h4-10H,2-3,11,19H2,1H3. The van der Waals surface area contributed by atoms with E-state index in [-0.39, 0.29) is 0 Å². The van der Waals surface area contributed by atoms with Gasteiger partial charge in [0.2, 0.25) is 0 Å². The lowest BCUT2D eigenvalue weighted by Gasteiger charge is -2.06. The minimum Gasteiger partial charge on any atom is -0.395 e. The predicted octanol–water partition coefficient (Wildman–Crippen LogP) is 4.10. The van der Waals surface area contributed by atoms with Crippen molar-refractivity contribution < 1.29 is 4.21 Å². The van der Waals surface area contributed by atoms with E-state index in [0.717, 1.165) is 34.6 Å². The fourth-order valence-corrected chi connectivity index (χ4v) is 5.64. The van der Waals surface area contributed by atoms with Gasteiger partial charge in [-0.2, -0.15) is 0 Å². The van der Waals surface area contributed by atoms with Crippen LogP contribution in [0.5, 0.6) is 0 Å². The number of nitrogens with zero attached hydrogens (tertiary/aromatic N) is 3. The van der Waals surface area contributed by atoms with Gasteiger partial charge in [0.15, 0.2) is 5.65 Å². The average Bonchev–Trinajstić information content (AvgIpc) is 3.25. The van der Waals surface area contributed by atoms with E-state index in [1.165, 1.54) is 11.3 Å². The Kier molecular flexibility index (Phi) is 4.27. The third-order valence-corrected chi connectivity index (χ3v) is 7.18. The summed E-state index contributed by atoms with van der Waals surface area (Å²) in [6.45, 7) is 2.09. The first-order valence-electron chi connectivity index (χ1n) is 8.19. The van der Waals surface area contributed by atoms with Crippen molar-refractivity contribution in [3.05, 3.63) is 42.7 Å². The zero-order valence-corrected chi connectivity index (χ0v) is 15.4. The maximum absolute atomic E-state index is 12.6. The van der Waals surface area contributed by atoms with Crippen molar-refractivity contribution in [3.8, 4) is 11.4 Å². The van der Waals surface area contributed by atoms with Crippen molar-refractivity contribution in [3.63, 3.8) is 0 Å². The van der Waals surface area contributed by atoms with Crippen molar-refractivity contribution >= 4 is 43.7 Å². The summed E-state index contributed by atoms with van der Waals surface area (Å²) in [5.74, 6) is 1.42. The highest BCUT2D eigenvalue weighted by molar-refractivity contribution is 7.87. The van der Waals surface area contributed by atoms with Crippen LogP contribution in [0.4, 0.5) is 5.69 Å². The van der Waals surface area contributed by atoms with Crippen LogP contribution in [0, 0.1) is 0 Å². The molecule has 1 atom stereocenters. The largest absolute Gasteiger partial charge is 0.395 e. The highest BCUT2D eigenvalue weighted by atomic mass is 32.2. The van der Waals surface area contributed by atoms with Crippen LogP contribution in [0.25, 0.3) is 27.3 Å². The fourth-order valence-electron chi connectivity index (χ4n) is 2.81. The van der Waals surface area contributed by atoms with E-state index in [4.69, 9.17) is 10.7 Å². The number of nitrogen functional groups attached to an aromatic ring is 1. The van der Waals surface area contributed by atoms with Gasteiger partial charge < -0.3 is 5.73 Å². The fraction of sp³-hybridized carbons (Fsp3) is 0.222. The summed E-state index contributed by atoms with van der Waals surface area (Å²) >= 11 is 1.45. The van der Waals surface area contributed by atoms with Gasteiger partial charge in [-0.3, -0.25) is 8.61 Å². The Morgan fingerprint density at radius 2 is 2.08 bits per heavy atom. The Balaban J connectivity index is 1.96. The van der Waals surface area contributed by atoms with E-state index >= 15 is 0 Å². The molecule has 0 fully saturated rings. The van der Waals surface area contributed by atoms with Gasteiger partial charge in [0, 0.05) is 23.7 Å². The number of nitrogens with two attached hydrogens (primary N) is 1. The molecule has 4 rings (SSSR count). The van der Waals surface area contributed by atoms with Crippen molar-refractivity contribution in [2.75, 3.05) is 11.5 Å². The molecular formula is C18H18N4OS2. The molecule has 0 radical (unpaired) electrons. The highest BCUT2D eigenvalue weighted by Crippen LogP contribution is 2.38. The molecule has 7 heteroatoms. The molecule has 0 saturated carbocycles. The van der Waals surface area contributed by atoms with Crippen LogP contribution in [-0.4, -0.2) is 24.3 Å². The SMILES string of the molecule is CCCCS(=O)c1sc2c(nc(-c3ccccc3)n3ccnc23)c1N. The molecule has 0 bridgehead atoms. The summed E-state index contributed by atoms with van der Waals surface area (Å²) in [6, 6.07) is 9.95. The number of aromatic nitrogens is 3. The van der Waals surface area contributed by atoms with Gasteiger partial charge in [0.05, 0.1) is 21.2 Å². The number of hydrogen-bond acceptors (Lipinski definition) is 5. The maximum Gasteiger partial charge on any atom is 0.158 e. The molecule has 0 aliphatic rings. The van der Waals surface area contributed by atoms with Crippen molar-refractivity contribution in [2.24, 2.45) is 0 Å². The number of rotatable bonds is 5. The van der Waals surface area contributed by atoms with Gasteiger partial charge in [0.1, 0.15) is 15.6 Å². The van der Waals surface area contributed by atoms with E-state index in [2.05, 4.69) is 11.9 Å². The van der Waals surface area contributed by atoms with E-state index in [9.17, 15) is 4.21 Å². The Morgan fingerprint density at radius 3 is 2.84 bits per heavy atom. The lowest BCUT2D eigenvalue weighted by Crippen LogP contribution is -2.00. The van der Waals surface area contributed by atoms with Crippen molar-refractivity contribution in [2.45, 2.75) is 24.0 Å². The van der Waals surface area contributed by atoms with Crippen LogP contribution in [0.3, 0.4) is 0 Å². The second kappa shape index (κ2) is 6.57. The first-order valence-corrected chi connectivity index (χ1v) is 10.3. The molecule has 3 heterocycles. The molecular weight excluding hydrogens is 352 g/mol. The monoisotopic (exact) mass is 370 g/mol. The number of imidazole rings is 1. The van der Waals surface area contributed by atoms with E-state index in [1.54, 1.807) is 6.20 Å². The minimum atomic E-state index is -1.09. The zero-order chi connectivity index (χ0) is 17.4. The third-order valence-electron chi connectivity index (χ3n) is 4.10. The second-order valence-electron chi connectivity index (χ2n) is 5.81. The Morgan fingerprint density at radius 1 is 1.28 bits per heavy atom. The summed E-state index contributed by atoms with van der Waals surface area (Å²) < 4.78 is 16.2. The van der Waals surface area contributed by atoms with Gasteiger partial charge >= 0.3 is 0 Å². The topological polar surface area (TPSA) is 73.3 Å². The van der Waals surface area contributed by atoms with Crippen LogP contribution in [0.2, 0.25) is 0 Å². The van der Waals surface area contributed by atoms with Crippen LogP contribution in [0.15, 0.2) is 46.9 Å². The number of thiophene rings is 1. The summed E-state index contributed by atoms with van der Waals surface area (Å²) in [6.07, 6.45) is 5.58. The van der Waals surface area contributed by atoms with Crippen LogP contribution >= 0.6 is 11.3 Å². The molecule has 5 nitrogen and oxygen atoms in total. The molecule has 3 aromatic heterocycles. The number of hydrogen-bond donors (Lipinski definition) is 1. The zero-order valence-electron chi connectivity index (χ0n) is 13.8. The average molecular weight is 371 g/mol. The summed E-state index contributed by atoms with van der Waals surface area (Å²) in [5, 5.41) is 0. The number of fused-ring (bicyclic) bond motifs is 3. The third kappa shape index (κ3) is 2.73. The van der Waals surface area contributed by atoms with Gasteiger partial charge in [0.25, 0.3) is 0 Å². The van der Waals surface area contributed by atoms with Crippen molar-refractivity contribution in [1.82, 2.24) is 14.4 Å². The summed E-state index contributed by atoms with van der Waals surface area (Å²) in [5.41, 5.74) is 9.36. The molecule has 0 saturated heterocycles. The molecule has 1 aromatic carbocycles. The smallest absolute Gasteiger partial charge is 0.158 e. The van der Waals surface area contributed by atoms with E-state index < -0.39 is 10.8 Å². The van der Waals surface area contributed by atoms with E-state index in [1.807, 2.05) is 40.9 Å². The minimum absolute atomic E-state index is 0.525. The van der Waals surface area contributed by atoms with Crippen LogP contribution < -0.4 is 5.73 Å². The summed E-state index contributed by atoms with van der Waals surface area (Å²) in [7, 11) is -1.09. The lowest BCUT2D eigenvalue weighted by molar-refractivity contribution is 0.681. The Bertz CT molecular complexity index is 1070. The number of anilines is 1. The number of unbranched alkanes of at least 4 members (excludes halogenated alkanes) is 1. The van der Waals surface area contributed by atoms with Crippen LogP contribution in [0.1, 0.15) is 19.8 Å².